The molecule has 0 radical (unpaired) electrons. The number of rotatable bonds is 7. The third-order valence-corrected chi connectivity index (χ3v) is 9.13. The highest BCUT2D eigenvalue weighted by Crippen LogP contribution is 2.65. The van der Waals surface area contributed by atoms with E-state index in [-0.39, 0.29) is 17.9 Å². The van der Waals surface area contributed by atoms with Crippen molar-refractivity contribution in [2.45, 2.75) is 76.7 Å². The molecule has 0 bridgehead atoms. The van der Waals surface area contributed by atoms with E-state index in [0.717, 1.165) is 56.5 Å². The first-order valence-corrected chi connectivity index (χ1v) is 12.5. The maximum Gasteiger partial charge on any atom is 0.223 e. The van der Waals surface area contributed by atoms with Gasteiger partial charge in [-0.15, -0.1) is 11.3 Å². The van der Waals surface area contributed by atoms with Crippen molar-refractivity contribution in [3.63, 3.8) is 0 Å². The molecule has 6 heteroatoms. The molecule has 1 aromatic rings. The Bertz CT molecular complexity index is 733. The molecule has 4 aliphatic rings. The molecule has 1 aromatic heterocycles. The Kier molecular flexibility index (Phi) is 5.39. The molecular weight excluding hydrogens is 382 g/mol. The molecule has 2 amide bonds. The van der Waals surface area contributed by atoms with Gasteiger partial charge in [-0.3, -0.25) is 9.59 Å². The van der Waals surface area contributed by atoms with Gasteiger partial charge in [-0.2, -0.15) is 0 Å². The van der Waals surface area contributed by atoms with E-state index in [9.17, 15) is 9.59 Å². The highest BCUT2D eigenvalue weighted by Gasteiger charge is 2.60. The molecule has 158 valence electrons. The van der Waals surface area contributed by atoms with Gasteiger partial charge in [-0.25, -0.2) is 4.98 Å². The van der Waals surface area contributed by atoms with Crippen molar-refractivity contribution >= 4 is 23.2 Å². The summed E-state index contributed by atoms with van der Waals surface area (Å²) in [6.07, 6.45) is 14.5. The quantitative estimate of drug-likeness (QED) is 0.701. The van der Waals surface area contributed by atoms with Crippen LogP contribution in [-0.4, -0.2) is 23.3 Å². The molecule has 29 heavy (non-hydrogen) atoms. The van der Waals surface area contributed by atoms with E-state index in [4.69, 9.17) is 0 Å². The normalized spacial score (nSPS) is 31.4. The molecule has 2 atom stereocenters. The Balaban J connectivity index is 1.11. The highest BCUT2D eigenvalue weighted by atomic mass is 32.1. The van der Waals surface area contributed by atoms with E-state index in [1.54, 1.807) is 11.3 Å². The van der Waals surface area contributed by atoms with Crippen LogP contribution in [0.3, 0.4) is 0 Å². The average Bonchev–Trinajstić information content (AvgIpc) is 3.22. The van der Waals surface area contributed by atoms with Crippen LogP contribution in [0.1, 0.15) is 81.7 Å². The van der Waals surface area contributed by atoms with Crippen LogP contribution >= 0.6 is 11.3 Å². The van der Waals surface area contributed by atoms with Gasteiger partial charge in [-0.1, -0.05) is 12.8 Å². The average molecular weight is 416 g/mol. The van der Waals surface area contributed by atoms with Gasteiger partial charge in [0.15, 0.2) is 0 Å². The molecule has 4 aliphatic carbocycles. The van der Waals surface area contributed by atoms with E-state index in [1.807, 2.05) is 11.6 Å². The summed E-state index contributed by atoms with van der Waals surface area (Å²) >= 11 is 1.65. The second-order valence-corrected chi connectivity index (χ2v) is 10.9. The first kappa shape index (κ1) is 19.5. The molecule has 4 fully saturated rings. The number of aromatic nitrogens is 1. The molecule has 0 saturated heterocycles. The van der Waals surface area contributed by atoms with Gasteiger partial charge in [0.2, 0.25) is 11.8 Å². The number of nitrogens with one attached hydrogen (secondary N) is 2. The van der Waals surface area contributed by atoms with E-state index in [0.29, 0.717) is 29.1 Å². The molecule has 4 saturated carbocycles. The van der Waals surface area contributed by atoms with Crippen LogP contribution in [0.4, 0.5) is 0 Å². The van der Waals surface area contributed by atoms with Crippen molar-refractivity contribution in [2.24, 2.45) is 29.1 Å². The summed E-state index contributed by atoms with van der Waals surface area (Å²) in [5, 5.41) is 9.65. The zero-order chi connectivity index (χ0) is 19.8. The lowest BCUT2D eigenvalue weighted by molar-refractivity contribution is -0.129. The number of thiazole rings is 1. The number of carbonyl (C=O) groups excluding carboxylic acids is 2. The number of carbonyl (C=O) groups is 2. The van der Waals surface area contributed by atoms with Crippen molar-refractivity contribution in [1.29, 1.82) is 0 Å². The topological polar surface area (TPSA) is 71.1 Å². The maximum absolute atomic E-state index is 12.6. The molecule has 0 aliphatic heterocycles. The van der Waals surface area contributed by atoms with E-state index >= 15 is 0 Å². The monoisotopic (exact) mass is 415 g/mol. The SMILES string of the molecule is O=C(NC(c1nccs1)C1CCC(CNC(=O)C2CC23CCC3)CC1)C1CCC1. The van der Waals surface area contributed by atoms with Gasteiger partial charge in [0, 0.05) is 30.0 Å². The van der Waals surface area contributed by atoms with E-state index in [1.165, 1.54) is 25.7 Å². The molecule has 5 nitrogen and oxygen atoms in total. The fourth-order valence-electron chi connectivity index (χ4n) is 5.71. The molecule has 2 N–H and O–H groups in total. The number of hydrogen-bond acceptors (Lipinski definition) is 4. The summed E-state index contributed by atoms with van der Waals surface area (Å²) in [6, 6.07) is 0.0589. The van der Waals surface area contributed by atoms with Gasteiger partial charge in [-0.05, 0) is 75.0 Å². The standard InChI is InChI=1S/C23H33N3O2S/c27-20(17-3-1-4-17)26-19(22-24-11-12-29-22)16-7-5-15(6-8-16)14-25-21(28)18-13-23(18)9-2-10-23/h11-12,15-19H,1-10,13-14H2,(H,25,28)(H,26,27). The van der Waals surface area contributed by atoms with Crippen LogP contribution < -0.4 is 10.6 Å². The summed E-state index contributed by atoms with van der Waals surface area (Å²) in [6.45, 7) is 0.828. The highest BCUT2D eigenvalue weighted by molar-refractivity contribution is 7.09. The van der Waals surface area contributed by atoms with E-state index in [2.05, 4.69) is 15.6 Å². The van der Waals surface area contributed by atoms with Gasteiger partial charge in [0.25, 0.3) is 0 Å². The lowest BCUT2D eigenvalue weighted by Crippen LogP contribution is -2.41. The minimum Gasteiger partial charge on any atom is -0.356 e. The Morgan fingerprint density at radius 2 is 1.90 bits per heavy atom. The number of amides is 2. The van der Waals surface area contributed by atoms with E-state index < -0.39 is 0 Å². The van der Waals surface area contributed by atoms with Gasteiger partial charge < -0.3 is 10.6 Å². The van der Waals surface area contributed by atoms with Crippen LogP contribution in [0.15, 0.2) is 11.6 Å². The van der Waals surface area contributed by atoms with Crippen LogP contribution in [0.25, 0.3) is 0 Å². The second-order valence-electron chi connectivity index (χ2n) is 9.98. The smallest absolute Gasteiger partial charge is 0.223 e. The van der Waals surface area contributed by atoms with Crippen molar-refractivity contribution in [3.05, 3.63) is 16.6 Å². The lowest BCUT2D eigenvalue weighted by atomic mass is 9.77. The minimum atomic E-state index is 0.0589. The Morgan fingerprint density at radius 3 is 2.45 bits per heavy atom. The van der Waals surface area contributed by atoms with Crippen LogP contribution in [0.5, 0.6) is 0 Å². The maximum atomic E-state index is 12.6. The van der Waals surface area contributed by atoms with Crippen LogP contribution in [0, 0.1) is 29.1 Å². The summed E-state index contributed by atoms with van der Waals surface area (Å²) in [5.74, 6) is 2.08. The first-order valence-electron chi connectivity index (χ1n) is 11.6. The molecule has 5 rings (SSSR count). The van der Waals surface area contributed by atoms with Crippen molar-refractivity contribution in [3.8, 4) is 0 Å². The van der Waals surface area contributed by atoms with Crippen LogP contribution in [0.2, 0.25) is 0 Å². The van der Waals surface area contributed by atoms with Crippen molar-refractivity contribution in [1.82, 2.24) is 15.6 Å². The Labute approximate surface area is 177 Å². The van der Waals surface area contributed by atoms with Crippen molar-refractivity contribution in [2.75, 3.05) is 6.54 Å². The third-order valence-electron chi connectivity index (χ3n) is 8.27. The molecular formula is C23H33N3O2S. The molecule has 1 spiro atoms. The zero-order valence-electron chi connectivity index (χ0n) is 17.2. The third kappa shape index (κ3) is 3.97. The summed E-state index contributed by atoms with van der Waals surface area (Å²) in [7, 11) is 0. The second kappa shape index (κ2) is 8.01. The summed E-state index contributed by atoms with van der Waals surface area (Å²) in [5.41, 5.74) is 0.418. The Morgan fingerprint density at radius 1 is 1.10 bits per heavy atom. The predicted octanol–water partition coefficient (Wildman–Crippen LogP) is 4.21. The summed E-state index contributed by atoms with van der Waals surface area (Å²) in [4.78, 5) is 29.6. The fourth-order valence-corrected chi connectivity index (χ4v) is 6.49. The predicted molar refractivity (Wildman–Crippen MR) is 113 cm³/mol. The lowest BCUT2D eigenvalue weighted by Gasteiger charge is -2.35. The van der Waals surface area contributed by atoms with Gasteiger partial charge >= 0.3 is 0 Å². The van der Waals surface area contributed by atoms with Crippen LogP contribution in [-0.2, 0) is 9.59 Å². The number of nitrogens with zero attached hydrogens (tertiary/aromatic N) is 1. The van der Waals surface area contributed by atoms with Gasteiger partial charge in [0.1, 0.15) is 5.01 Å². The number of hydrogen-bond donors (Lipinski definition) is 2. The fraction of sp³-hybridized carbons (Fsp3) is 0.783. The Hall–Kier alpha value is -1.43. The van der Waals surface area contributed by atoms with Crippen molar-refractivity contribution < 1.29 is 9.59 Å². The minimum absolute atomic E-state index is 0.0589. The first-order chi connectivity index (χ1) is 14.1. The summed E-state index contributed by atoms with van der Waals surface area (Å²) < 4.78 is 0. The molecule has 0 aromatic carbocycles. The zero-order valence-corrected chi connectivity index (χ0v) is 18.0. The van der Waals surface area contributed by atoms with Gasteiger partial charge in [0.05, 0.1) is 6.04 Å². The molecule has 2 unspecified atom stereocenters. The molecule has 1 heterocycles. The largest absolute Gasteiger partial charge is 0.356 e.